The van der Waals surface area contributed by atoms with Gasteiger partial charge in [-0.2, -0.15) is 0 Å². The van der Waals surface area contributed by atoms with E-state index in [2.05, 4.69) is 76.2 Å². The van der Waals surface area contributed by atoms with Gasteiger partial charge in [0.2, 0.25) is 0 Å². The quantitative estimate of drug-likeness (QED) is 0.503. The van der Waals surface area contributed by atoms with E-state index in [1.807, 2.05) is 0 Å². The summed E-state index contributed by atoms with van der Waals surface area (Å²) in [6.45, 7) is 9.87. The standard InChI is InChI=1S/C20H26O2Te.2ClH/c1-5-21-15(3)17-11-7-9-13-19(17)23-20-14-10-8-12-18(20)16(4)22-6-2;;/h7-16H,5-6H2,1-4H3;2*1H. The molecule has 0 aromatic heterocycles. The second-order valence-electron chi connectivity index (χ2n) is 5.37. The Morgan fingerprint density at radius 2 is 1.08 bits per heavy atom. The minimum atomic E-state index is -0.477. The molecule has 2 atom stereocenters. The summed E-state index contributed by atoms with van der Waals surface area (Å²) in [6.07, 6.45) is 0.301. The number of rotatable bonds is 8. The summed E-state index contributed by atoms with van der Waals surface area (Å²) in [5.41, 5.74) is 2.66. The Morgan fingerprint density at radius 1 is 0.720 bits per heavy atom. The molecule has 5 heteroatoms. The first-order valence-electron chi connectivity index (χ1n) is 8.26. The van der Waals surface area contributed by atoms with Crippen LogP contribution in [0.5, 0.6) is 0 Å². The van der Waals surface area contributed by atoms with Gasteiger partial charge in [0.25, 0.3) is 0 Å². The van der Waals surface area contributed by atoms with Gasteiger partial charge in [0, 0.05) is 0 Å². The van der Waals surface area contributed by atoms with Crippen LogP contribution in [0.2, 0.25) is 0 Å². The van der Waals surface area contributed by atoms with Crippen molar-refractivity contribution < 1.29 is 9.47 Å². The molecule has 0 bridgehead atoms. The first kappa shape index (κ1) is 24.7. The average Bonchev–Trinajstić information content (AvgIpc) is 2.56. The maximum atomic E-state index is 5.82. The summed E-state index contributed by atoms with van der Waals surface area (Å²) in [4.78, 5) is 0. The van der Waals surface area contributed by atoms with Crippen molar-refractivity contribution in [3.63, 3.8) is 0 Å². The smallest absolute Gasteiger partial charge is 0.147 e. The normalized spacial score (nSPS) is 12.6. The summed E-state index contributed by atoms with van der Waals surface area (Å²) < 4.78 is 14.5. The van der Waals surface area contributed by atoms with E-state index in [0.717, 1.165) is 13.2 Å². The predicted molar refractivity (Wildman–Crippen MR) is 112 cm³/mol. The molecule has 2 nitrogen and oxygen atoms in total. The molecule has 2 aromatic carbocycles. The molecule has 0 heterocycles. The first-order chi connectivity index (χ1) is 11.2. The molecule has 0 aliphatic rings. The van der Waals surface area contributed by atoms with Gasteiger partial charge in [-0.15, -0.1) is 24.8 Å². The molecule has 2 unspecified atom stereocenters. The van der Waals surface area contributed by atoms with Gasteiger partial charge in [-0.1, -0.05) is 0 Å². The van der Waals surface area contributed by atoms with Crippen molar-refractivity contribution in [1.29, 1.82) is 0 Å². The zero-order chi connectivity index (χ0) is 16.7. The maximum Gasteiger partial charge on any atom is -0.147 e. The molecule has 0 fully saturated rings. The molecular weight excluding hydrogens is 471 g/mol. The summed E-state index contributed by atoms with van der Waals surface area (Å²) in [7, 11) is 0. The molecule has 140 valence electrons. The van der Waals surface area contributed by atoms with Crippen molar-refractivity contribution in [3.8, 4) is 0 Å². The minimum Gasteiger partial charge on any atom is -0.147 e. The molecule has 0 saturated carbocycles. The zero-order valence-electron chi connectivity index (χ0n) is 15.2. The third-order valence-corrected chi connectivity index (χ3v) is 7.14. The van der Waals surface area contributed by atoms with Gasteiger partial charge in [-0.05, 0) is 0 Å². The van der Waals surface area contributed by atoms with E-state index in [4.69, 9.17) is 9.47 Å². The third kappa shape index (κ3) is 7.10. The van der Waals surface area contributed by atoms with Crippen LogP contribution in [0.1, 0.15) is 51.0 Å². The topological polar surface area (TPSA) is 18.5 Å². The minimum absolute atomic E-state index is 0. The van der Waals surface area contributed by atoms with Crippen LogP contribution in [0.4, 0.5) is 0 Å². The monoisotopic (exact) mass is 500 g/mol. The molecular formula is C20H28Cl2O2Te. The van der Waals surface area contributed by atoms with Gasteiger partial charge in [0.15, 0.2) is 0 Å². The van der Waals surface area contributed by atoms with Gasteiger partial charge in [-0.3, -0.25) is 0 Å². The number of ether oxygens (including phenoxy) is 2. The number of benzene rings is 2. The number of hydrogen-bond acceptors (Lipinski definition) is 2. The molecule has 25 heavy (non-hydrogen) atoms. The van der Waals surface area contributed by atoms with Crippen molar-refractivity contribution in [1.82, 2.24) is 0 Å². The molecule has 0 radical (unpaired) electrons. The molecule has 2 aromatic rings. The Balaban J connectivity index is 0.00000288. The van der Waals surface area contributed by atoms with E-state index in [1.165, 1.54) is 18.3 Å². The summed E-state index contributed by atoms with van der Waals surface area (Å²) >= 11 is -0.477. The Labute approximate surface area is 174 Å². The van der Waals surface area contributed by atoms with Crippen molar-refractivity contribution in [3.05, 3.63) is 59.7 Å². The maximum absolute atomic E-state index is 5.82. The van der Waals surface area contributed by atoms with Gasteiger partial charge < -0.3 is 0 Å². The van der Waals surface area contributed by atoms with Crippen LogP contribution in [-0.4, -0.2) is 34.1 Å². The Bertz CT molecular complexity index is 569. The number of hydrogen-bond donors (Lipinski definition) is 0. The summed E-state index contributed by atoms with van der Waals surface area (Å²) in [5.74, 6) is 0. The SMILES string of the molecule is CCOC(C)c1ccccc1[Te]c1ccccc1C(C)OCC.Cl.Cl. The van der Waals surface area contributed by atoms with Crippen LogP contribution in [0, 0.1) is 0 Å². The van der Waals surface area contributed by atoms with E-state index in [0.29, 0.717) is 0 Å². The van der Waals surface area contributed by atoms with Crippen LogP contribution in [0.15, 0.2) is 48.5 Å². The molecule has 2 rings (SSSR count). The Kier molecular flexibility index (Phi) is 12.8. The van der Waals surface area contributed by atoms with Crippen molar-refractivity contribution in [2.75, 3.05) is 13.2 Å². The van der Waals surface area contributed by atoms with Gasteiger partial charge in [-0.25, -0.2) is 0 Å². The molecule has 0 aliphatic carbocycles. The number of halogens is 2. The molecule has 0 aliphatic heterocycles. The first-order valence-corrected chi connectivity index (χ1v) is 10.6. The molecule has 0 amide bonds. The predicted octanol–water partition coefficient (Wildman–Crippen LogP) is 4.38. The van der Waals surface area contributed by atoms with Crippen LogP contribution < -0.4 is 7.22 Å². The summed E-state index contributed by atoms with van der Waals surface area (Å²) in [5, 5.41) is 0. The molecule has 0 saturated heterocycles. The fourth-order valence-electron chi connectivity index (χ4n) is 2.62. The van der Waals surface area contributed by atoms with E-state index in [-0.39, 0.29) is 37.0 Å². The fourth-order valence-corrected chi connectivity index (χ4v) is 6.14. The van der Waals surface area contributed by atoms with Crippen molar-refractivity contribution in [2.45, 2.75) is 39.9 Å². The Hall–Kier alpha value is -0.270. The fraction of sp³-hybridized carbons (Fsp3) is 0.400. The van der Waals surface area contributed by atoms with Crippen LogP contribution >= 0.6 is 24.8 Å². The second-order valence-corrected chi connectivity index (χ2v) is 8.47. The van der Waals surface area contributed by atoms with Crippen LogP contribution in [-0.2, 0) is 9.47 Å². The Morgan fingerprint density at radius 3 is 1.44 bits per heavy atom. The van der Waals surface area contributed by atoms with E-state index in [1.54, 1.807) is 0 Å². The van der Waals surface area contributed by atoms with E-state index in [9.17, 15) is 0 Å². The van der Waals surface area contributed by atoms with E-state index >= 15 is 0 Å². The van der Waals surface area contributed by atoms with Gasteiger partial charge in [0.1, 0.15) is 0 Å². The average molecular weight is 499 g/mol. The van der Waals surface area contributed by atoms with Crippen LogP contribution in [0.3, 0.4) is 0 Å². The van der Waals surface area contributed by atoms with Crippen LogP contribution in [0.25, 0.3) is 0 Å². The largest absolute Gasteiger partial charge is 0.147 e. The molecule has 0 N–H and O–H groups in total. The molecule has 0 spiro atoms. The second kappa shape index (κ2) is 13.0. The van der Waals surface area contributed by atoms with Crippen molar-refractivity contribution in [2.24, 2.45) is 0 Å². The van der Waals surface area contributed by atoms with E-state index < -0.39 is 20.9 Å². The third-order valence-electron chi connectivity index (χ3n) is 3.77. The zero-order valence-corrected chi connectivity index (χ0v) is 19.2. The van der Waals surface area contributed by atoms with Gasteiger partial charge >= 0.3 is 150 Å². The van der Waals surface area contributed by atoms with Gasteiger partial charge in [0.05, 0.1) is 0 Å². The van der Waals surface area contributed by atoms with Crippen molar-refractivity contribution >= 4 is 53.0 Å². The summed E-state index contributed by atoms with van der Waals surface area (Å²) in [6, 6.07) is 17.4.